The van der Waals surface area contributed by atoms with Crippen LogP contribution in [0.25, 0.3) is 6.08 Å². The van der Waals surface area contributed by atoms with E-state index >= 15 is 0 Å². The first-order valence-electron chi connectivity index (χ1n) is 12.4. The second-order valence-corrected chi connectivity index (χ2v) is 11.8. The Morgan fingerprint density at radius 1 is 1.24 bits per heavy atom. The van der Waals surface area contributed by atoms with Crippen LogP contribution in [0.3, 0.4) is 0 Å². The molecule has 1 aromatic carbocycles. The van der Waals surface area contributed by atoms with Crippen molar-refractivity contribution in [1.29, 1.82) is 0 Å². The second-order valence-electron chi connectivity index (χ2n) is 8.99. The highest BCUT2D eigenvalue weighted by Gasteiger charge is 2.34. The van der Waals surface area contributed by atoms with Gasteiger partial charge in [-0.25, -0.2) is 14.8 Å². The third-order valence-corrected chi connectivity index (χ3v) is 8.92. The number of benzene rings is 1. The fourth-order valence-electron chi connectivity index (χ4n) is 4.52. The molecule has 3 aromatic heterocycles. The number of H-pyrrole nitrogens is 1. The van der Waals surface area contributed by atoms with Crippen LogP contribution in [0.2, 0.25) is 0 Å². The van der Waals surface area contributed by atoms with Crippen LogP contribution in [-0.4, -0.2) is 33.9 Å². The lowest BCUT2D eigenvalue weighted by Crippen LogP contribution is -2.39. The van der Waals surface area contributed by atoms with Crippen LogP contribution in [0.4, 0.5) is 0 Å². The van der Waals surface area contributed by atoms with Crippen LogP contribution in [0.15, 0.2) is 75.3 Å². The van der Waals surface area contributed by atoms with Crippen molar-refractivity contribution in [3.8, 4) is 11.5 Å². The Kier molecular flexibility index (Phi) is 7.21. The molecule has 0 aliphatic carbocycles. The average Bonchev–Trinajstić information content (AvgIpc) is 3.60. The van der Waals surface area contributed by atoms with Crippen molar-refractivity contribution >= 4 is 51.1 Å². The molecule has 0 fully saturated rings. The number of halogens is 1. The van der Waals surface area contributed by atoms with Gasteiger partial charge >= 0.3 is 5.97 Å². The highest BCUT2D eigenvalue weighted by atomic mass is 79.9. The Labute approximate surface area is 248 Å². The molecule has 0 amide bonds. The number of aromatic amines is 1. The molecule has 6 rings (SSSR count). The predicted molar refractivity (Wildman–Crippen MR) is 153 cm³/mol. The monoisotopic (exact) mass is 656 g/mol. The SMILES string of the molecule is CCOC(=O)C1=C(C)N=c2s/c(=C/c3cc(Br)c(Sc4nc(C)cc(=O)[nH]4)o3)c(=O)n2[C@H]1c1ccc2c(c1)OCO2. The Morgan fingerprint density at radius 3 is 2.83 bits per heavy atom. The summed E-state index contributed by atoms with van der Waals surface area (Å²) in [6, 6.07) is 7.64. The smallest absolute Gasteiger partial charge is 0.338 e. The molecule has 2 aliphatic heterocycles. The number of aryl methyl sites for hydroxylation is 1. The van der Waals surface area contributed by atoms with Crippen molar-refractivity contribution in [3.05, 3.63) is 93.1 Å². The summed E-state index contributed by atoms with van der Waals surface area (Å²) in [7, 11) is 0. The van der Waals surface area contributed by atoms with Gasteiger partial charge in [-0.05, 0) is 72.2 Å². The van der Waals surface area contributed by atoms with E-state index < -0.39 is 12.0 Å². The summed E-state index contributed by atoms with van der Waals surface area (Å²) in [6.45, 7) is 5.44. The van der Waals surface area contributed by atoms with Gasteiger partial charge in [-0.2, -0.15) is 0 Å². The highest BCUT2D eigenvalue weighted by molar-refractivity contribution is 9.10. The lowest BCUT2D eigenvalue weighted by molar-refractivity contribution is -0.139. The Bertz CT molecular complexity index is 1990. The molecule has 0 saturated heterocycles. The number of hydrogen-bond donors (Lipinski definition) is 1. The Balaban J connectivity index is 1.44. The van der Waals surface area contributed by atoms with Gasteiger partial charge in [-0.15, -0.1) is 0 Å². The molecule has 41 heavy (non-hydrogen) atoms. The number of carbonyl (C=O) groups is 1. The fourth-order valence-corrected chi connectivity index (χ4v) is 6.90. The minimum Gasteiger partial charge on any atom is -0.463 e. The summed E-state index contributed by atoms with van der Waals surface area (Å²) in [4.78, 5) is 50.8. The van der Waals surface area contributed by atoms with Crippen molar-refractivity contribution in [2.24, 2.45) is 4.99 Å². The number of nitrogens with zero attached hydrogens (tertiary/aromatic N) is 3. The van der Waals surface area contributed by atoms with E-state index in [4.69, 9.17) is 18.6 Å². The molecule has 0 unspecified atom stereocenters. The van der Waals surface area contributed by atoms with Gasteiger partial charge in [0.25, 0.3) is 11.1 Å². The molecule has 5 heterocycles. The molecule has 210 valence electrons. The number of aromatic nitrogens is 3. The summed E-state index contributed by atoms with van der Waals surface area (Å²) in [5, 5.41) is 0.832. The normalized spacial score (nSPS) is 16.1. The van der Waals surface area contributed by atoms with Crippen molar-refractivity contribution in [2.45, 2.75) is 37.1 Å². The number of thiazole rings is 1. The maximum Gasteiger partial charge on any atom is 0.338 e. The van der Waals surface area contributed by atoms with Gasteiger partial charge < -0.3 is 23.6 Å². The fraction of sp³-hybridized carbons (Fsp3) is 0.222. The molecule has 1 N–H and O–H groups in total. The average molecular weight is 658 g/mol. The van der Waals surface area contributed by atoms with Gasteiger partial charge in [-0.3, -0.25) is 14.2 Å². The first-order valence-corrected chi connectivity index (χ1v) is 14.8. The van der Waals surface area contributed by atoms with E-state index in [0.29, 0.717) is 58.3 Å². The molecule has 0 spiro atoms. The Morgan fingerprint density at radius 2 is 2.05 bits per heavy atom. The van der Waals surface area contributed by atoms with Crippen molar-refractivity contribution in [1.82, 2.24) is 14.5 Å². The van der Waals surface area contributed by atoms with Gasteiger partial charge in [0, 0.05) is 17.8 Å². The van der Waals surface area contributed by atoms with Gasteiger partial charge in [-0.1, -0.05) is 17.4 Å². The van der Waals surface area contributed by atoms with E-state index in [9.17, 15) is 14.4 Å². The third kappa shape index (κ3) is 5.18. The van der Waals surface area contributed by atoms with Crippen molar-refractivity contribution < 1.29 is 23.4 Å². The number of rotatable bonds is 6. The standard InChI is InChI=1S/C27H21BrN4O7S2/c1-4-36-24(35)21-13(3)30-27-32(22(21)14-5-6-17-18(8-14)38-11-37-17)23(34)19(40-27)10-15-9-16(28)25(39-15)41-26-29-12(2)7-20(33)31-26/h5-10,22H,4,11H2,1-3H3,(H,29,31,33)/b19-10+/t22-/m0/s1. The van der Waals surface area contributed by atoms with Crippen LogP contribution in [0, 0.1) is 6.92 Å². The minimum absolute atomic E-state index is 0.0934. The maximum atomic E-state index is 13.9. The third-order valence-electron chi connectivity index (χ3n) is 6.21. The van der Waals surface area contributed by atoms with Crippen LogP contribution in [-0.2, 0) is 9.53 Å². The summed E-state index contributed by atoms with van der Waals surface area (Å²) < 4.78 is 24.8. The minimum atomic E-state index is -0.791. The van der Waals surface area contributed by atoms with Crippen LogP contribution in [0.5, 0.6) is 11.5 Å². The zero-order valence-corrected chi connectivity index (χ0v) is 25.1. The second kappa shape index (κ2) is 10.8. The van der Waals surface area contributed by atoms with Crippen molar-refractivity contribution in [3.63, 3.8) is 0 Å². The number of carbonyl (C=O) groups excluding carboxylic acids is 1. The number of allylic oxidation sites excluding steroid dienone is 1. The molecular formula is C27H21BrN4O7S2. The molecule has 1 atom stereocenters. The lowest BCUT2D eigenvalue weighted by atomic mass is 9.95. The van der Waals surface area contributed by atoms with Gasteiger partial charge in [0.1, 0.15) is 5.76 Å². The molecule has 0 radical (unpaired) electrons. The number of esters is 1. The van der Waals surface area contributed by atoms with E-state index in [-0.39, 0.29) is 30.1 Å². The number of hydrogen-bond acceptors (Lipinski definition) is 11. The summed E-state index contributed by atoms with van der Waals surface area (Å²) in [5.41, 5.74) is 1.34. The van der Waals surface area contributed by atoms with Gasteiger partial charge in [0.05, 0.1) is 32.9 Å². The van der Waals surface area contributed by atoms with Crippen LogP contribution in [0.1, 0.15) is 36.9 Å². The topological polar surface area (TPSA) is 138 Å². The maximum absolute atomic E-state index is 13.9. The molecule has 11 nitrogen and oxygen atoms in total. The van der Waals surface area contributed by atoms with E-state index in [1.807, 2.05) is 0 Å². The summed E-state index contributed by atoms with van der Waals surface area (Å²) in [5.74, 6) is 0.963. The van der Waals surface area contributed by atoms with Crippen molar-refractivity contribution in [2.75, 3.05) is 13.4 Å². The first-order chi connectivity index (χ1) is 19.7. The number of fused-ring (bicyclic) bond motifs is 2. The zero-order valence-electron chi connectivity index (χ0n) is 21.8. The first kappa shape index (κ1) is 27.3. The van der Waals surface area contributed by atoms with Crippen LogP contribution < -0.4 is 29.9 Å². The molecular weight excluding hydrogens is 636 g/mol. The molecule has 2 aliphatic rings. The Hall–Kier alpha value is -3.88. The van der Waals surface area contributed by atoms with Gasteiger partial charge in [0.2, 0.25) is 6.79 Å². The predicted octanol–water partition coefficient (Wildman–Crippen LogP) is 3.43. The number of ether oxygens (including phenoxy) is 3. The summed E-state index contributed by atoms with van der Waals surface area (Å²) >= 11 is 5.80. The van der Waals surface area contributed by atoms with E-state index in [2.05, 4.69) is 30.9 Å². The molecule has 4 aromatic rings. The number of nitrogens with one attached hydrogen (secondary N) is 1. The highest BCUT2D eigenvalue weighted by Crippen LogP contribution is 2.38. The zero-order chi connectivity index (χ0) is 28.8. The largest absolute Gasteiger partial charge is 0.463 e. The van der Waals surface area contributed by atoms with Gasteiger partial charge in [0.15, 0.2) is 26.5 Å². The molecule has 0 bridgehead atoms. The van der Waals surface area contributed by atoms with E-state index in [0.717, 1.165) is 11.8 Å². The number of furan rings is 1. The molecule has 14 heteroatoms. The molecule has 0 saturated carbocycles. The lowest BCUT2D eigenvalue weighted by Gasteiger charge is -2.24. The van der Waals surface area contributed by atoms with E-state index in [1.54, 1.807) is 51.1 Å². The van der Waals surface area contributed by atoms with E-state index in [1.165, 1.54) is 22.0 Å². The summed E-state index contributed by atoms with van der Waals surface area (Å²) in [6.07, 6.45) is 1.62. The van der Waals surface area contributed by atoms with Crippen LogP contribution >= 0.6 is 39.0 Å². The quantitative estimate of drug-likeness (QED) is 0.244.